The first-order valence-corrected chi connectivity index (χ1v) is 7.82. The highest BCUT2D eigenvalue weighted by atomic mass is 79.9. The second kappa shape index (κ2) is 6.83. The molecule has 0 aromatic carbocycles. The first-order valence-electron chi connectivity index (χ1n) is 7.03. The minimum absolute atomic E-state index is 0.725. The number of hydrogen-bond acceptors (Lipinski definition) is 4. The van der Waals surface area contributed by atoms with Gasteiger partial charge in [0.1, 0.15) is 11.5 Å². The summed E-state index contributed by atoms with van der Waals surface area (Å²) in [6.07, 6.45) is 3.70. The predicted octanol–water partition coefficient (Wildman–Crippen LogP) is 3.51. The average molecular weight is 338 g/mol. The third-order valence-corrected chi connectivity index (χ3v) is 3.88. The van der Waals surface area contributed by atoms with E-state index in [9.17, 15) is 0 Å². The lowest BCUT2D eigenvalue weighted by atomic mass is 10.3. The predicted molar refractivity (Wildman–Crippen MR) is 84.8 cm³/mol. The Morgan fingerprint density at radius 2 is 2.05 bits per heavy atom. The number of rotatable bonds is 6. The van der Waals surface area contributed by atoms with E-state index in [0.29, 0.717) is 0 Å². The van der Waals surface area contributed by atoms with Crippen LogP contribution in [0, 0.1) is 0 Å². The van der Waals surface area contributed by atoms with Crippen molar-refractivity contribution in [2.75, 3.05) is 11.9 Å². The van der Waals surface area contributed by atoms with E-state index in [1.807, 2.05) is 10.7 Å². The van der Waals surface area contributed by atoms with Gasteiger partial charge in [-0.15, -0.1) is 0 Å². The van der Waals surface area contributed by atoms with Gasteiger partial charge in [-0.05, 0) is 41.8 Å². The van der Waals surface area contributed by atoms with Gasteiger partial charge in [-0.25, -0.2) is 9.97 Å². The molecule has 0 radical (unpaired) electrons. The smallest absolute Gasteiger partial charge is 0.180 e. The van der Waals surface area contributed by atoms with Crippen molar-refractivity contribution in [2.24, 2.45) is 0 Å². The van der Waals surface area contributed by atoms with E-state index in [-0.39, 0.29) is 0 Å². The monoisotopic (exact) mass is 337 g/mol. The number of nitrogens with zero attached hydrogens (tertiary/aromatic N) is 4. The van der Waals surface area contributed by atoms with Crippen LogP contribution in [-0.2, 0) is 13.0 Å². The zero-order valence-electron chi connectivity index (χ0n) is 12.1. The molecule has 6 heteroatoms. The first kappa shape index (κ1) is 15.0. The second-order valence-corrected chi connectivity index (χ2v) is 5.26. The lowest BCUT2D eigenvalue weighted by molar-refractivity contribution is 0.663. The normalized spacial score (nSPS) is 10.8. The molecule has 5 nitrogen and oxygen atoms in total. The third-order valence-electron chi connectivity index (χ3n) is 3.04. The fraction of sp³-hybridized carbons (Fsp3) is 0.500. The van der Waals surface area contributed by atoms with Crippen LogP contribution in [0.1, 0.15) is 32.9 Å². The van der Waals surface area contributed by atoms with E-state index in [1.54, 1.807) is 6.20 Å². The van der Waals surface area contributed by atoms with Crippen molar-refractivity contribution in [3.05, 3.63) is 22.4 Å². The molecule has 0 aliphatic heterocycles. The van der Waals surface area contributed by atoms with Crippen LogP contribution in [0.2, 0.25) is 0 Å². The van der Waals surface area contributed by atoms with Crippen LogP contribution in [0.3, 0.4) is 0 Å². The van der Waals surface area contributed by atoms with Crippen molar-refractivity contribution in [3.8, 4) is 11.5 Å². The Bertz CT molecular complexity index is 579. The van der Waals surface area contributed by atoms with Gasteiger partial charge in [0, 0.05) is 19.3 Å². The molecule has 0 saturated carbocycles. The van der Waals surface area contributed by atoms with Crippen LogP contribution in [-0.4, -0.2) is 26.3 Å². The van der Waals surface area contributed by atoms with Crippen molar-refractivity contribution in [1.82, 2.24) is 19.7 Å². The number of aromatic nitrogens is 4. The summed E-state index contributed by atoms with van der Waals surface area (Å²) >= 11 is 3.59. The molecule has 0 fully saturated rings. The van der Waals surface area contributed by atoms with Crippen molar-refractivity contribution >= 4 is 21.7 Å². The Morgan fingerprint density at radius 3 is 2.70 bits per heavy atom. The third kappa shape index (κ3) is 3.00. The fourth-order valence-electron chi connectivity index (χ4n) is 1.98. The zero-order chi connectivity index (χ0) is 14.5. The van der Waals surface area contributed by atoms with Crippen molar-refractivity contribution in [3.63, 3.8) is 0 Å². The van der Waals surface area contributed by atoms with E-state index in [0.717, 1.165) is 53.4 Å². The molecule has 2 rings (SSSR count). The molecule has 0 spiro atoms. The highest BCUT2D eigenvalue weighted by Gasteiger charge is 2.14. The summed E-state index contributed by atoms with van der Waals surface area (Å²) in [5.74, 6) is 1.58. The van der Waals surface area contributed by atoms with Gasteiger partial charge < -0.3 is 5.32 Å². The number of hydrogen-bond donors (Lipinski definition) is 1. The number of anilines is 1. The molecule has 0 unspecified atom stereocenters. The molecule has 0 aliphatic carbocycles. The van der Waals surface area contributed by atoms with Gasteiger partial charge in [0.25, 0.3) is 0 Å². The minimum atomic E-state index is 0.725. The summed E-state index contributed by atoms with van der Waals surface area (Å²) in [4.78, 5) is 9.29. The molecule has 1 N–H and O–H groups in total. The van der Waals surface area contributed by atoms with Crippen LogP contribution in [0.5, 0.6) is 0 Å². The Balaban J connectivity index is 2.48. The van der Waals surface area contributed by atoms with Crippen LogP contribution in [0.25, 0.3) is 11.5 Å². The zero-order valence-corrected chi connectivity index (χ0v) is 13.7. The summed E-state index contributed by atoms with van der Waals surface area (Å²) < 4.78 is 2.87. The van der Waals surface area contributed by atoms with Crippen LogP contribution >= 0.6 is 15.9 Å². The van der Waals surface area contributed by atoms with Crippen molar-refractivity contribution in [2.45, 2.75) is 40.2 Å². The molecule has 2 aromatic rings. The maximum atomic E-state index is 4.65. The largest absolute Gasteiger partial charge is 0.369 e. The molecule has 0 saturated heterocycles. The molecule has 0 aliphatic rings. The van der Waals surface area contributed by atoms with Gasteiger partial charge in [-0.2, -0.15) is 5.10 Å². The number of nitrogens with one attached hydrogen (secondary N) is 1. The molecule has 2 heterocycles. The summed E-state index contributed by atoms with van der Waals surface area (Å²) in [5, 5.41) is 7.63. The highest BCUT2D eigenvalue weighted by Crippen LogP contribution is 2.27. The van der Waals surface area contributed by atoms with Gasteiger partial charge in [-0.3, -0.25) is 4.68 Å². The van der Waals surface area contributed by atoms with Gasteiger partial charge >= 0.3 is 0 Å². The van der Waals surface area contributed by atoms with E-state index in [2.05, 4.69) is 57.1 Å². The molecule has 108 valence electrons. The molecule has 0 bridgehead atoms. The summed E-state index contributed by atoms with van der Waals surface area (Å²) in [6.45, 7) is 7.99. The number of aryl methyl sites for hydroxylation is 2. The summed E-state index contributed by atoms with van der Waals surface area (Å²) in [5.41, 5.74) is 1.96. The van der Waals surface area contributed by atoms with Gasteiger partial charge in [0.15, 0.2) is 5.82 Å². The molecule has 20 heavy (non-hydrogen) atoms. The lowest BCUT2D eigenvalue weighted by Crippen LogP contribution is -2.09. The number of halogens is 1. The SMILES string of the molecule is CCCNc1nc(-c2ccnn2CC)nc(CC)c1Br. The van der Waals surface area contributed by atoms with E-state index >= 15 is 0 Å². The molecular formula is C14H20BrN5. The van der Waals surface area contributed by atoms with E-state index in [4.69, 9.17) is 0 Å². The van der Waals surface area contributed by atoms with Gasteiger partial charge in [0.2, 0.25) is 0 Å². The first-order chi connectivity index (χ1) is 9.71. The Labute approximate surface area is 128 Å². The quantitative estimate of drug-likeness (QED) is 0.876. The molecule has 2 aromatic heterocycles. The maximum Gasteiger partial charge on any atom is 0.180 e. The minimum Gasteiger partial charge on any atom is -0.369 e. The van der Waals surface area contributed by atoms with E-state index in [1.165, 1.54) is 0 Å². The fourth-order valence-corrected chi connectivity index (χ4v) is 2.58. The standard InChI is InChI=1S/C14H20BrN5/c1-4-8-16-14-12(15)10(5-2)18-13(19-14)11-7-9-17-20(11)6-3/h7,9H,4-6,8H2,1-3H3,(H,16,18,19). The van der Waals surface area contributed by atoms with E-state index < -0.39 is 0 Å². The Hall–Kier alpha value is -1.43. The maximum absolute atomic E-state index is 4.65. The second-order valence-electron chi connectivity index (χ2n) is 4.47. The molecular weight excluding hydrogens is 318 g/mol. The van der Waals surface area contributed by atoms with Crippen LogP contribution < -0.4 is 5.32 Å². The topological polar surface area (TPSA) is 55.6 Å². The summed E-state index contributed by atoms with van der Waals surface area (Å²) in [7, 11) is 0. The highest BCUT2D eigenvalue weighted by molar-refractivity contribution is 9.10. The van der Waals surface area contributed by atoms with Crippen LogP contribution in [0.4, 0.5) is 5.82 Å². The summed E-state index contributed by atoms with van der Waals surface area (Å²) in [6, 6.07) is 1.95. The lowest BCUT2D eigenvalue weighted by Gasteiger charge is -2.12. The Kier molecular flexibility index (Phi) is 5.11. The Morgan fingerprint density at radius 1 is 1.25 bits per heavy atom. The average Bonchev–Trinajstić information content (AvgIpc) is 2.94. The van der Waals surface area contributed by atoms with Gasteiger partial charge in [-0.1, -0.05) is 13.8 Å². The molecule has 0 atom stereocenters. The molecule has 0 amide bonds. The van der Waals surface area contributed by atoms with Crippen molar-refractivity contribution < 1.29 is 0 Å². The van der Waals surface area contributed by atoms with Crippen molar-refractivity contribution in [1.29, 1.82) is 0 Å². The van der Waals surface area contributed by atoms with Crippen LogP contribution in [0.15, 0.2) is 16.7 Å². The van der Waals surface area contributed by atoms with Gasteiger partial charge in [0.05, 0.1) is 10.2 Å².